The van der Waals surface area contributed by atoms with E-state index in [2.05, 4.69) is 0 Å². The lowest BCUT2D eigenvalue weighted by atomic mass is 9.84. The molecule has 1 fully saturated rings. The third kappa shape index (κ3) is 6.85. The van der Waals surface area contributed by atoms with Crippen molar-refractivity contribution in [2.75, 3.05) is 14.1 Å². The predicted molar refractivity (Wildman–Crippen MR) is 124 cm³/mol. The summed E-state index contributed by atoms with van der Waals surface area (Å²) >= 11 is 0. The van der Waals surface area contributed by atoms with Crippen molar-refractivity contribution < 1.29 is 34.0 Å². The Hall–Kier alpha value is -1.32. The molecule has 0 aromatic heterocycles. The molecule has 0 unspecified atom stereocenters. The number of allylic oxidation sites excluding steroid dienone is 1. The van der Waals surface area contributed by atoms with Crippen LogP contribution in [0.2, 0.25) is 0 Å². The van der Waals surface area contributed by atoms with E-state index >= 15 is 0 Å². The van der Waals surface area contributed by atoms with Crippen molar-refractivity contribution in [3.8, 4) is 0 Å². The molecule has 0 radical (unpaired) electrons. The minimum atomic E-state index is -1.47. The number of aliphatic hydroxyl groups excluding tert-OH is 1. The quantitative estimate of drug-likeness (QED) is 0.605. The van der Waals surface area contributed by atoms with Gasteiger partial charge in [-0.3, -0.25) is 9.59 Å². The maximum absolute atomic E-state index is 13.1. The average molecular weight is 470 g/mol. The van der Waals surface area contributed by atoms with Gasteiger partial charge in [0.15, 0.2) is 12.1 Å². The minimum Gasteiger partial charge on any atom is -0.459 e. The Morgan fingerprint density at radius 2 is 1.82 bits per heavy atom. The number of aliphatic hydroxyl groups is 2. The van der Waals surface area contributed by atoms with Crippen LogP contribution in [0, 0.1) is 17.8 Å². The second-order valence-corrected chi connectivity index (χ2v) is 10.4. The maximum atomic E-state index is 13.1. The normalized spacial score (nSPS) is 44.6. The minimum absolute atomic E-state index is 0.106. The third-order valence-electron chi connectivity index (χ3n) is 7.07. The van der Waals surface area contributed by atoms with Gasteiger partial charge in [-0.15, -0.1) is 0 Å². The van der Waals surface area contributed by atoms with Crippen LogP contribution in [0.3, 0.4) is 0 Å². The maximum Gasteiger partial charge on any atom is 0.311 e. The van der Waals surface area contributed by atoms with Crippen molar-refractivity contribution in [1.29, 1.82) is 0 Å². The van der Waals surface area contributed by atoms with E-state index < -0.39 is 42.1 Å². The van der Waals surface area contributed by atoms with E-state index in [-0.39, 0.29) is 29.8 Å². The zero-order valence-electron chi connectivity index (χ0n) is 21.4. The first kappa shape index (κ1) is 27.9. The van der Waals surface area contributed by atoms with Crippen LogP contribution in [0.4, 0.5) is 0 Å². The number of ketones is 1. The zero-order valence-corrected chi connectivity index (χ0v) is 21.4. The summed E-state index contributed by atoms with van der Waals surface area (Å²) in [6.45, 7) is 10.8. The summed E-state index contributed by atoms with van der Waals surface area (Å²) in [7, 11) is 3.80. The molecule has 2 N–H and O–H groups in total. The summed E-state index contributed by atoms with van der Waals surface area (Å²) in [6.07, 6.45) is 0.943. The molecule has 0 amide bonds. The Labute approximate surface area is 198 Å². The van der Waals surface area contributed by atoms with Crippen LogP contribution in [0.15, 0.2) is 12.2 Å². The molecule has 1 saturated heterocycles. The van der Waals surface area contributed by atoms with Crippen LogP contribution in [0.5, 0.6) is 0 Å². The van der Waals surface area contributed by atoms with Crippen LogP contribution in [-0.4, -0.2) is 83.3 Å². The van der Waals surface area contributed by atoms with Gasteiger partial charge in [0.2, 0.25) is 0 Å². The molecule has 0 bridgehead atoms. The van der Waals surface area contributed by atoms with Gasteiger partial charge in [0.1, 0.15) is 17.8 Å². The van der Waals surface area contributed by atoms with E-state index in [4.69, 9.17) is 14.2 Å². The van der Waals surface area contributed by atoms with Crippen molar-refractivity contribution in [2.24, 2.45) is 17.8 Å². The van der Waals surface area contributed by atoms with E-state index in [0.29, 0.717) is 19.3 Å². The highest BCUT2D eigenvalue weighted by molar-refractivity contribution is 5.91. The number of likely N-dealkylation sites (N-methyl/N-ethyl adjacent to an activating group) is 1. The highest BCUT2D eigenvalue weighted by Crippen LogP contribution is 2.32. The molecule has 0 spiro atoms. The van der Waals surface area contributed by atoms with Gasteiger partial charge in [0.05, 0.1) is 18.1 Å². The molecule has 2 aliphatic heterocycles. The van der Waals surface area contributed by atoms with Crippen molar-refractivity contribution in [3.05, 3.63) is 12.2 Å². The lowest BCUT2D eigenvalue weighted by Gasteiger charge is -2.43. The van der Waals surface area contributed by atoms with Crippen LogP contribution in [-0.2, 0) is 23.8 Å². The Morgan fingerprint density at radius 3 is 2.39 bits per heavy atom. The Kier molecular flexibility index (Phi) is 9.65. The van der Waals surface area contributed by atoms with E-state index in [0.717, 1.165) is 0 Å². The van der Waals surface area contributed by atoms with Crippen LogP contribution in [0.1, 0.15) is 60.8 Å². The van der Waals surface area contributed by atoms with Crippen LogP contribution < -0.4 is 0 Å². The molecule has 2 aliphatic rings. The largest absolute Gasteiger partial charge is 0.459 e. The van der Waals surface area contributed by atoms with Crippen molar-refractivity contribution in [2.45, 2.75) is 103 Å². The van der Waals surface area contributed by atoms with E-state index in [1.807, 2.05) is 46.7 Å². The molecule has 0 saturated carbocycles. The first-order valence-corrected chi connectivity index (χ1v) is 12.1. The average Bonchev–Trinajstić information content (AvgIpc) is 2.74. The molecule has 8 nitrogen and oxygen atoms in total. The number of ether oxygens (including phenoxy) is 3. The van der Waals surface area contributed by atoms with Gasteiger partial charge in [-0.05, 0) is 72.2 Å². The first-order valence-electron chi connectivity index (χ1n) is 12.1. The molecule has 190 valence electrons. The topological polar surface area (TPSA) is 106 Å². The summed E-state index contributed by atoms with van der Waals surface area (Å²) in [6, 6.07) is -0.146. The molecule has 33 heavy (non-hydrogen) atoms. The first-order chi connectivity index (χ1) is 15.3. The molecule has 0 aliphatic carbocycles. The van der Waals surface area contributed by atoms with E-state index in [1.54, 1.807) is 6.92 Å². The van der Waals surface area contributed by atoms with Gasteiger partial charge >= 0.3 is 5.97 Å². The summed E-state index contributed by atoms with van der Waals surface area (Å²) in [5.74, 6) is -1.81. The Balaban J connectivity index is 2.36. The number of rotatable bonds is 4. The predicted octanol–water partition coefficient (Wildman–Crippen LogP) is 2.31. The molecule has 2 rings (SSSR count). The highest BCUT2D eigenvalue weighted by Gasteiger charge is 2.43. The van der Waals surface area contributed by atoms with Crippen LogP contribution >= 0.6 is 0 Å². The Morgan fingerprint density at radius 1 is 1.18 bits per heavy atom. The molecular formula is C25H43NO7. The second kappa shape index (κ2) is 11.4. The molecule has 0 aromatic carbocycles. The fourth-order valence-corrected chi connectivity index (χ4v) is 4.88. The summed E-state index contributed by atoms with van der Waals surface area (Å²) in [5, 5.41) is 21.8. The van der Waals surface area contributed by atoms with Crippen LogP contribution in [0.25, 0.3) is 0 Å². The number of hydrogen-bond acceptors (Lipinski definition) is 8. The number of cyclic esters (lactones) is 1. The molecule has 0 aromatic rings. The Bertz CT molecular complexity index is 707. The third-order valence-corrected chi connectivity index (χ3v) is 7.07. The number of carbonyl (C=O) groups is 2. The lowest BCUT2D eigenvalue weighted by Crippen LogP contribution is -2.56. The number of esters is 1. The smallest absolute Gasteiger partial charge is 0.311 e. The number of hydrogen-bond donors (Lipinski definition) is 2. The van der Waals surface area contributed by atoms with Gasteiger partial charge in [-0.1, -0.05) is 20.8 Å². The molecular weight excluding hydrogens is 426 g/mol. The molecule has 10 atom stereocenters. The lowest BCUT2D eigenvalue weighted by molar-refractivity contribution is -0.279. The van der Waals surface area contributed by atoms with Gasteiger partial charge in [0.25, 0.3) is 0 Å². The van der Waals surface area contributed by atoms with Gasteiger partial charge < -0.3 is 29.3 Å². The van der Waals surface area contributed by atoms with Crippen molar-refractivity contribution in [3.63, 3.8) is 0 Å². The van der Waals surface area contributed by atoms with Crippen molar-refractivity contribution in [1.82, 2.24) is 4.90 Å². The summed E-state index contributed by atoms with van der Waals surface area (Å²) < 4.78 is 17.9. The second-order valence-electron chi connectivity index (χ2n) is 10.4. The van der Waals surface area contributed by atoms with E-state index in [9.17, 15) is 19.8 Å². The fraction of sp³-hybridized carbons (Fsp3) is 0.840. The molecule has 8 heteroatoms. The zero-order chi connectivity index (χ0) is 25.1. The standard InChI is InChI=1S/C25H43NO7/c1-9-20-25(6,30)11-10-19(27)14(2)12-15(3)22(17(5)23(29)32-20)33-24-21(28)18(26(7)8)13-16(4)31-24/h10-11,14-18,20-22,24,28,30H,9,12-13H2,1-8H3/b11-10+/t14-,15-,16-,17-,18+,20+,21-,22-,24+,25+/m0/s1. The summed E-state index contributed by atoms with van der Waals surface area (Å²) in [4.78, 5) is 27.8. The van der Waals surface area contributed by atoms with Gasteiger partial charge in [-0.25, -0.2) is 0 Å². The highest BCUT2D eigenvalue weighted by atomic mass is 16.7. The van der Waals surface area contributed by atoms with Crippen molar-refractivity contribution >= 4 is 11.8 Å². The summed E-state index contributed by atoms with van der Waals surface area (Å²) in [5.41, 5.74) is -1.47. The SMILES string of the molecule is CC[C@H]1OC(=O)[C@@H](C)[C@@H](O[C@H]2O[C@@H](C)C[C@@H](N(C)C)[C@@H]2O)[C@@H](C)C[C@H](C)C(=O)/C=C/[C@@]1(C)O. The molecule has 2 heterocycles. The number of nitrogens with zero attached hydrogens (tertiary/aromatic N) is 1. The monoisotopic (exact) mass is 469 g/mol. The number of carbonyl (C=O) groups excluding carboxylic acids is 2. The van der Waals surface area contributed by atoms with E-state index in [1.165, 1.54) is 19.1 Å². The van der Waals surface area contributed by atoms with Gasteiger partial charge in [-0.2, -0.15) is 0 Å². The van der Waals surface area contributed by atoms with Gasteiger partial charge in [0, 0.05) is 12.0 Å². The fourth-order valence-electron chi connectivity index (χ4n) is 4.88.